The molecule has 0 radical (unpaired) electrons. The third kappa shape index (κ3) is 3.51. The zero-order valence-corrected chi connectivity index (χ0v) is 10.9. The summed E-state index contributed by atoms with van der Waals surface area (Å²) in [5.41, 5.74) is 2.56. The maximum atomic E-state index is 12.1. The average molecular weight is 291 g/mol. The van der Waals surface area contributed by atoms with E-state index in [1.807, 2.05) is 0 Å². The molecule has 1 aromatic heterocycles. The number of non-ortho nitro benzene ring substituents is 1. The summed E-state index contributed by atoms with van der Waals surface area (Å²) in [6.45, 7) is 0.737. The van der Waals surface area contributed by atoms with E-state index < -0.39 is 10.8 Å². The third-order valence-electron chi connectivity index (χ3n) is 2.71. The third-order valence-corrected chi connectivity index (χ3v) is 2.71. The van der Waals surface area contributed by atoms with E-state index in [2.05, 4.69) is 21.1 Å². The highest BCUT2D eigenvalue weighted by atomic mass is 16.6. The van der Waals surface area contributed by atoms with Crippen LogP contribution in [0.1, 0.15) is 10.4 Å². The van der Waals surface area contributed by atoms with Crippen LogP contribution in [0, 0.1) is 10.1 Å². The second-order valence-corrected chi connectivity index (χ2v) is 4.05. The normalized spacial score (nSPS) is 10.1. The van der Waals surface area contributed by atoms with E-state index in [0.717, 1.165) is 0 Å². The van der Waals surface area contributed by atoms with Crippen molar-refractivity contribution >= 4 is 17.3 Å². The Kier molecular flexibility index (Phi) is 4.41. The molecule has 0 saturated carbocycles. The van der Waals surface area contributed by atoms with E-state index in [4.69, 9.17) is 5.84 Å². The largest absolute Gasteiger partial charge is 0.350 e. The van der Waals surface area contributed by atoms with Gasteiger partial charge in [0.2, 0.25) is 0 Å². The summed E-state index contributed by atoms with van der Waals surface area (Å²) in [5, 5.41) is 20.8. The van der Waals surface area contributed by atoms with Crippen molar-refractivity contribution < 1.29 is 9.72 Å². The van der Waals surface area contributed by atoms with Gasteiger partial charge in [-0.1, -0.05) is 5.21 Å². The van der Waals surface area contributed by atoms with Crippen LogP contribution in [0.2, 0.25) is 0 Å². The Hall–Kier alpha value is -3.01. The Morgan fingerprint density at radius 1 is 1.48 bits per heavy atom. The number of anilines is 1. The molecule has 4 N–H and O–H groups in total. The minimum Gasteiger partial charge on any atom is -0.350 e. The van der Waals surface area contributed by atoms with Crippen molar-refractivity contribution in [1.82, 2.24) is 20.3 Å². The molecule has 0 aliphatic carbocycles. The van der Waals surface area contributed by atoms with Crippen molar-refractivity contribution in [1.29, 1.82) is 0 Å². The number of nitrogen functional groups attached to an aromatic ring is 1. The molecule has 0 saturated heterocycles. The van der Waals surface area contributed by atoms with Crippen molar-refractivity contribution in [3.05, 3.63) is 46.3 Å². The molecule has 1 heterocycles. The van der Waals surface area contributed by atoms with Gasteiger partial charge in [-0.2, -0.15) is 0 Å². The number of nitrogens with one attached hydrogen (secondary N) is 2. The number of nitro benzene ring substituents is 1. The lowest BCUT2D eigenvalue weighted by Gasteiger charge is -2.09. The van der Waals surface area contributed by atoms with Gasteiger partial charge >= 0.3 is 0 Å². The lowest BCUT2D eigenvalue weighted by Crippen LogP contribution is -2.28. The lowest BCUT2D eigenvalue weighted by atomic mass is 10.1. The second kappa shape index (κ2) is 6.43. The Bertz CT molecular complexity index is 641. The molecule has 0 fully saturated rings. The Balaban J connectivity index is 2.06. The monoisotopic (exact) mass is 291 g/mol. The van der Waals surface area contributed by atoms with Gasteiger partial charge in [0.15, 0.2) is 0 Å². The second-order valence-electron chi connectivity index (χ2n) is 4.05. The molecule has 2 rings (SSSR count). The molecule has 0 aliphatic heterocycles. The van der Waals surface area contributed by atoms with Crippen molar-refractivity contribution in [3.63, 3.8) is 0 Å². The zero-order chi connectivity index (χ0) is 15.2. The fourth-order valence-electron chi connectivity index (χ4n) is 1.69. The number of benzene rings is 1. The Morgan fingerprint density at radius 2 is 2.29 bits per heavy atom. The van der Waals surface area contributed by atoms with E-state index in [-0.39, 0.29) is 11.3 Å². The minimum atomic E-state index is -0.577. The number of rotatable bonds is 6. The van der Waals surface area contributed by atoms with Gasteiger partial charge in [0.1, 0.15) is 0 Å². The van der Waals surface area contributed by atoms with Crippen molar-refractivity contribution in [2.45, 2.75) is 6.54 Å². The SMILES string of the molecule is NNc1ccc([N+](=O)[O-])cc1C(=O)NCCn1ccnn1. The molecule has 110 valence electrons. The van der Waals surface area contributed by atoms with Crippen LogP contribution in [-0.2, 0) is 6.54 Å². The molecule has 10 heteroatoms. The predicted molar refractivity (Wildman–Crippen MR) is 73.3 cm³/mol. The number of nitrogens with zero attached hydrogens (tertiary/aromatic N) is 4. The molecular formula is C11H13N7O3. The Morgan fingerprint density at radius 3 is 2.90 bits per heavy atom. The van der Waals surface area contributed by atoms with Crippen molar-refractivity contribution in [3.8, 4) is 0 Å². The number of carbonyl (C=O) groups excluding carboxylic acids is 1. The molecule has 0 aliphatic rings. The van der Waals surface area contributed by atoms with Crippen LogP contribution < -0.4 is 16.6 Å². The summed E-state index contributed by atoms with van der Waals surface area (Å²) < 4.78 is 1.55. The number of hydrogen-bond acceptors (Lipinski definition) is 7. The van der Waals surface area contributed by atoms with Crippen LogP contribution in [0.5, 0.6) is 0 Å². The van der Waals surface area contributed by atoms with Gasteiger partial charge in [0, 0.05) is 24.9 Å². The molecule has 0 atom stereocenters. The van der Waals surface area contributed by atoms with Crippen LogP contribution in [0.3, 0.4) is 0 Å². The molecule has 10 nitrogen and oxygen atoms in total. The molecule has 0 bridgehead atoms. The van der Waals surface area contributed by atoms with Gasteiger partial charge < -0.3 is 10.7 Å². The minimum absolute atomic E-state index is 0.102. The fraction of sp³-hybridized carbons (Fsp3) is 0.182. The van der Waals surface area contributed by atoms with Gasteiger partial charge in [0.05, 0.1) is 28.9 Å². The quantitative estimate of drug-likeness (QED) is 0.383. The van der Waals surface area contributed by atoms with Crippen LogP contribution in [-0.4, -0.2) is 32.4 Å². The van der Waals surface area contributed by atoms with Crippen LogP contribution in [0.25, 0.3) is 0 Å². The summed E-state index contributed by atoms with van der Waals surface area (Å²) in [6.07, 6.45) is 3.19. The standard InChI is InChI=1S/C11H13N7O3/c12-15-10-2-1-8(18(20)21)7-9(10)11(19)13-3-5-17-6-4-14-16-17/h1-2,4,6-7,15H,3,5,12H2,(H,13,19). The highest BCUT2D eigenvalue weighted by Gasteiger charge is 2.16. The molecule has 1 amide bonds. The van der Waals surface area contributed by atoms with Crippen LogP contribution in [0.15, 0.2) is 30.6 Å². The maximum absolute atomic E-state index is 12.1. The van der Waals surface area contributed by atoms with E-state index in [9.17, 15) is 14.9 Å². The highest BCUT2D eigenvalue weighted by Crippen LogP contribution is 2.21. The van der Waals surface area contributed by atoms with Crippen molar-refractivity contribution in [2.75, 3.05) is 12.0 Å². The zero-order valence-electron chi connectivity index (χ0n) is 10.9. The first-order valence-electron chi connectivity index (χ1n) is 5.99. The highest BCUT2D eigenvalue weighted by molar-refractivity contribution is 6.00. The number of nitrogens with two attached hydrogens (primary N) is 1. The van der Waals surface area contributed by atoms with Gasteiger partial charge in [0.25, 0.3) is 11.6 Å². The first-order chi connectivity index (χ1) is 10.1. The summed E-state index contributed by atoms with van der Waals surface area (Å²) in [7, 11) is 0. The molecule has 2 aromatic rings. The first kappa shape index (κ1) is 14.4. The summed E-state index contributed by atoms with van der Waals surface area (Å²) in [4.78, 5) is 22.2. The van der Waals surface area contributed by atoms with E-state index in [1.54, 1.807) is 10.9 Å². The molecular weight excluding hydrogens is 278 g/mol. The maximum Gasteiger partial charge on any atom is 0.270 e. The number of amides is 1. The van der Waals surface area contributed by atoms with E-state index in [1.165, 1.54) is 24.4 Å². The molecule has 1 aromatic carbocycles. The summed E-state index contributed by atoms with van der Waals surface area (Å²) >= 11 is 0. The van der Waals surface area contributed by atoms with Gasteiger partial charge in [-0.25, -0.2) is 0 Å². The fourth-order valence-corrected chi connectivity index (χ4v) is 1.69. The van der Waals surface area contributed by atoms with E-state index in [0.29, 0.717) is 18.8 Å². The number of hydrogen-bond donors (Lipinski definition) is 3. The topological polar surface area (TPSA) is 141 Å². The first-order valence-corrected chi connectivity index (χ1v) is 5.99. The molecule has 0 spiro atoms. The summed E-state index contributed by atoms with van der Waals surface area (Å²) in [6, 6.07) is 3.81. The molecule has 21 heavy (non-hydrogen) atoms. The lowest BCUT2D eigenvalue weighted by molar-refractivity contribution is -0.384. The van der Waals surface area contributed by atoms with Crippen molar-refractivity contribution in [2.24, 2.45) is 5.84 Å². The number of aromatic nitrogens is 3. The summed E-state index contributed by atoms with van der Waals surface area (Å²) in [5.74, 6) is 4.83. The number of hydrazine groups is 1. The van der Waals surface area contributed by atoms with E-state index >= 15 is 0 Å². The average Bonchev–Trinajstić information content (AvgIpc) is 2.99. The smallest absolute Gasteiger partial charge is 0.270 e. The van der Waals surface area contributed by atoms with Gasteiger partial charge in [-0.15, -0.1) is 5.10 Å². The number of nitro groups is 1. The van der Waals surface area contributed by atoms with Gasteiger partial charge in [-0.05, 0) is 6.07 Å². The molecule has 0 unspecified atom stereocenters. The van der Waals surface area contributed by atoms with Crippen LogP contribution in [0.4, 0.5) is 11.4 Å². The predicted octanol–water partition coefficient (Wildman–Crippen LogP) is -0.0981. The number of carbonyl (C=O) groups is 1. The van der Waals surface area contributed by atoms with Gasteiger partial charge in [-0.3, -0.25) is 25.4 Å². The van der Waals surface area contributed by atoms with Crippen LogP contribution >= 0.6 is 0 Å². The Labute approximate surface area is 119 Å².